The van der Waals surface area contributed by atoms with E-state index < -0.39 is 5.91 Å². The summed E-state index contributed by atoms with van der Waals surface area (Å²) >= 11 is 1.53. The number of hydrogen-bond acceptors (Lipinski definition) is 3. The van der Waals surface area contributed by atoms with E-state index in [1.807, 2.05) is 18.2 Å². The maximum absolute atomic E-state index is 12.3. The SMILES string of the molecule is NC(=O)c1c(NC(=O)CCCc2ccccc2)sc2c1CCCCC2. The summed E-state index contributed by atoms with van der Waals surface area (Å²) in [5, 5.41) is 3.58. The number of hydrogen-bond donors (Lipinski definition) is 2. The summed E-state index contributed by atoms with van der Waals surface area (Å²) in [5.41, 5.74) is 8.44. The molecule has 2 aromatic rings. The van der Waals surface area contributed by atoms with Crippen molar-refractivity contribution in [2.45, 2.75) is 51.4 Å². The van der Waals surface area contributed by atoms with Crippen LogP contribution in [0.15, 0.2) is 30.3 Å². The van der Waals surface area contributed by atoms with Gasteiger partial charge in [-0.3, -0.25) is 9.59 Å². The van der Waals surface area contributed by atoms with Crippen molar-refractivity contribution in [2.75, 3.05) is 5.32 Å². The van der Waals surface area contributed by atoms with Crippen LogP contribution in [0.4, 0.5) is 5.00 Å². The second-order valence-electron chi connectivity index (χ2n) is 6.52. The van der Waals surface area contributed by atoms with Crippen LogP contribution in [0.1, 0.15) is 58.5 Å². The number of carbonyl (C=O) groups is 2. The maximum atomic E-state index is 12.3. The molecule has 0 fully saturated rings. The first-order valence-corrected chi connectivity index (χ1v) is 9.75. The van der Waals surface area contributed by atoms with Gasteiger partial charge in [0.15, 0.2) is 0 Å². The third-order valence-corrected chi connectivity index (χ3v) is 5.84. The number of thiophene rings is 1. The highest BCUT2D eigenvalue weighted by molar-refractivity contribution is 7.17. The largest absolute Gasteiger partial charge is 0.365 e. The van der Waals surface area contributed by atoms with Gasteiger partial charge in [-0.1, -0.05) is 36.8 Å². The number of rotatable bonds is 6. The first-order valence-electron chi connectivity index (χ1n) is 8.93. The minimum Gasteiger partial charge on any atom is -0.365 e. The predicted octanol–water partition coefficient (Wildman–Crippen LogP) is 4.08. The highest BCUT2D eigenvalue weighted by atomic mass is 32.1. The summed E-state index contributed by atoms with van der Waals surface area (Å²) < 4.78 is 0. The van der Waals surface area contributed by atoms with Crippen LogP contribution < -0.4 is 11.1 Å². The average Bonchev–Trinajstić information content (AvgIpc) is 2.77. The Labute approximate surface area is 152 Å². The topological polar surface area (TPSA) is 72.2 Å². The van der Waals surface area contributed by atoms with Gasteiger partial charge in [0, 0.05) is 11.3 Å². The third-order valence-electron chi connectivity index (χ3n) is 4.63. The van der Waals surface area contributed by atoms with Gasteiger partial charge in [0.1, 0.15) is 5.00 Å². The molecular weight excluding hydrogens is 332 g/mol. The van der Waals surface area contributed by atoms with Crippen molar-refractivity contribution < 1.29 is 9.59 Å². The number of aryl methyl sites for hydroxylation is 2. The molecule has 1 aromatic heterocycles. The zero-order valence-electron chi connectivity index (χ0n) is 14.3. The number of benzene rings is 1. The molecule has 0 atom stereocenters. The highest BCUT2D eigenvalue weighted by Crippen LogP contribution is 2.37. The lowest BCUT2D eigenvalue weighted by molar-refractivity contribution is -0.116. The van der Waals surface area contributed by atoms with Crippen LogP contribution in [-0.2, 0) is 24.1 Å². The molecule has 1 aliphatic carbocycles. The van der Waals surface area contributed by atoms with Crippen molar-refractivity contribution in [1.29, 1.82) is 0 Å². The van der Waals surface area contributed by atoms with Crippen LogP contribution in [0.3, 0.4) is 0 Å². The van der Waals surface area contributed by atoms with Crippen molar-refractivity contribution in [3.63, 3.8) is 0 Å². The lowest BCUT2D eigenvalue weighted by Crippen LogP contribution is -2.18. The number of anilines is 1. The molecule has 4 nitrogen and oxygen atoms in total. The molecule has 1 aromatic carbocycles. The van der Waals surface area contributed by atoms with E-state index in [9.17, 15) is 9.59 Å². The van der Waals surface area contributed by atoms with Gasteiger partial charge in [0.2, 0.25) is 5.91 Å². The van der Waals surface area contributed by atoms with Crippen molar-refractivity contribution in [3.05, 3.63) is 51.9 Å². The minimum atomic E-state index is -0.431. The minimum absolute atomic E-state index is 0.0464. The number of nitrogens with two attached hydrogens (primary N) is 1. The van der Waals surface area contributed by atoms with Crippen LogP contribution >= 0.6 is 11.3 Å². The average molecular weight is 356 g/mol. The van der Waals surface area contributed by atoms with Crippen LogP contribution in [0.2, 0.25) is 0 Å². The number of fused-ring (bicyclic) bond motifs is 1. The van der Waals surface area contributed by atoms with E-state index in [0.717, 1.165) is 44.1 Å². The molecule has 5 heteroatoms. The Hall–Kier alpha value is -2.14. The molecule has 0 saturated carbocycles. The molecule has 0 bridgehead atoms. The lowest BCUT2D eigenvalue weighted by atomic mass is 10.0. The fourth-order valence-electron chi connectivity index (χ4n) is 3.38. The van der Waals surface area contributed by atoms with Gasteiger partial charge < -0.3 is 11.1 Å². The summed E-state index contributed by atoms with van der Waals surface area (Å²) in [6, 6.07) is 10.1. The van der Waals surface area contributed by atoms with Crippen LogP contribution in [0.25, 0.3) is 0 Å². The van der Waals surface area contributed by atoms with Gasteiger partial charge in [-0.05, 0) is 49.7 Å². The molecule has 0 unspecified atom stereocenters. The number of amides is 2. The molecule has 25 heavy (non-hydrogen) atoms. The summed E-state index contributed by atoms with van der Waals surface area (Å²) in [6.45, 7) is 0. The smallest absolute Gasteiger partial charge is 0.251 e. The summed E-state index contributed by atoms with van der Waals surface area (Å²) in [5.74, 6) is -0.478. The molecule has 0 aliphatic heterocycles. The molecule has 0 radical (unpaired) electrons. The van der Waals surface area contributed by atoms with Gasteiger partial charge in [0.25, 0.3) is 5.91 Å². The fourth-order valence-corrected chi connectivity index (χ4v) is 4.69. The van der Waals surface area contributed by atoms with Gasteiger partial charge in [-0.2, -0.15) is 0 Å². The van der Waals surface area contributed by atoms with Gasteiger partial charge in [-0.15, -0.1) is 11.3 Å². The summed E-state index contributed by atoms with van der Waals surface area (Å²) in [7, 11) is 0. The first-order chi connectivity index (χ1) is 12.1. The Morgan fingerprint density at radius 1 is 1.08 bits per heavy atom. The molecular formula is C20H24N2O2S. The zero-order chi connectivity index (χ0) is 17.6. The molecule has 1 heterocycles. The van der Waals surface area contributed by atoms with Crippen LogP contribution in [0, 0.1) is 0 Å². The van der Waals surface area contributed by atoms with Crippen LogP contribution in [-0.4, -0.2) is 11.8 Å². The number of carbonyl (C=O) groups excluding carboxylic acids is 2. The van der Waals surface area contributed by atoms with E-state index in [1.54, 1.807) is 0 Å². The number of primary amides is 1. The monoisotopic (exact) mass is 356 g/mol. The molecule has 2 amide bonds. The standard InChI is InChI=1S/C20H24N2O2S/c21-19(24)18-15-11-5-2-6-12-16(15)25-20(18)22-17(23)13-7-10-14-8-3-1-4-9-14/h1,3-4,8-9H,2,5-7,10-13H2,(H2,21,24)(H,22,23). The molecule has 0 spiro atoms. The van der Waals surface area contributed by atoms with E-state index in [4.69, 9.17) is 5.73 Å². The number of nitrogens with one attached hydrogen (secondary N) is 1. The molecule has 3 N–H and O–H groups in total. The van der Waals surface area contributed by atoms with Gasteiger partial charge in [-0.25, -0.2) is 0 Å². The second-order valence-corrected chi connectivity index (χ2v) is 7.63. The lowest BCUT2D eigenvalue weighted by Gasteiger charge is -2.06. The molecule has 132 valence electrons. The van der Waals surface area contributed by atoms with E-state index in [0.29, 0.717) is 17.0 Å². The van der Waals surface area contributed by atoms with Crippen molar-refractivity contribution in [1.82, 2.24) is 0 Å². The van der Waals surface area contributed by atoms with E-state index in [-0.39, 0.29) is 5.91 Å². The molecule has 3 rings (SSSR count). The van der Waals surface area contributed by atoms with E-state index in [2.05, 4.69) is 17.4 Å². The Morgan fingerprint density at radius 3 is 2.60 bits per heavy atom. The Morgan fingerprint density at radius 2 is 1.84 bits per heavy atom. The molecule has 0 saturated heterocycles. The Bertz CT molecular complexity index is 753. The van der Waals surface area contributed by atoms with E-state index >= 15 is 0 Å². The van der Waals surface area contributed by atoms with Crippen LogP contribution in [0.5, 0.6) is 0 Å². The highest BCUT2D eigenvalue weighted by Gasteiger charge is 2.24. The first kappa shape index (κ1) is 17.7. The predicted molar refractivity (Wildman–Crippen MR) is 102 cm³/mol. The second kappa shape index (κ2) is 8.30. The van der Waals surface area contributed by atoms with Crippen molar-refractivity contribution >= 4 is 28.2 Å². The third kappa shape index (κ3) is 4.48. The van der Waals surface area contributed by atoms with Crippen molar-refractivity contribution in [3.8, 4) is 0 Å². The normalized spacial score (nSPS) is 13.8. The Kier molecular flexibility index (Phi) is 5.87. The van der Waals surface area contributed by atoms with Gasteiger partial charge >= 0.3 is 0 Å². The van der Waals surface area contributed by atoms with E-state index in [1.165, 1.54) is 28.2 Å². The zero-order valence-corrected chi connectivity index (χ0v) is 15.2. The maximum Gasteiger partial charge on any atom is 0.251 e. The Balaban J connectivity index is 1.63. The molecule has 1 aliphatic rings. The quantitative estimate of drug-likeness (QED) is 0.766. The van der Waals surface area contributed by atoms with Gasteiger partial charge in [0.05, 0.1) is 5.56 Å². The summed E-state index contributed by atoms with van der Waals surface area (Å²) in [4.78, 5) is 25.4. The fraction of sp³-hybridized carbons (Fsp3) is 0.400. The summed E-state index contributed by atoms with van der Waals surface area (Å²) in [6.07, 6.45) is 7.35. The van der Waals surface area contributed by atoms with Crippen molar-refractivity contribution in [2.24, 2.45) is 5.73 Å².